The minimum Gasteiger partial charge on any atom is -0.365 e. The van der Waals surface area contributed by atoms with Gasteiger partial charge in [0.15, 0.2) is 5.82 Å². The number of hydrogen-bond acceptors (Lipinski definition) is 7. The van der Waals surface area contributed by atoms with Gasteiger partial charge in [0.1, 0.15) is 5.82 Å². The molecule has 4 rings (SSSR count). The van der Waals surface area contributed by atoms with E-state index in [4.69, 9.17) is 5.14 Å². The highest BCUT2D eigenvalue weighted by Gasteiger charge is 2.17. The number of fused-ring (bicyclic) bond motifs is 1. The standard InChI is InChI=1S/C17H14FN7O2S/c18-12-4-1-3-11(7-12)8-20-16-10-21-24-17(23-16)25-14-5-2-6-15(28(19,26)27)13(14)9-22-25/h1-7,9-10H,8H2,(H2,19,26,27)(H,20,23,24). The van der Waals surface area contributed by atoms with E-state index in [1.807, 2.05) is 0 Å². The first kappa shape index (κ1) is 17.9. The van der Waals surface area contributed by atoms with E-state index in [1.165, 1.54) is 35.3 Å². The van der Waals surface area contributed by atoms with Gasteiger partial charge in [-0.15, -0.1) is 5.10 Å². The number of rotatable bonds is 5. The van der Waals surface area contributed by atoms with Crippen molar-refractivity contribution in [2.75, 3.05) is 5.32 Å². The van der Waals surface area contributed by atoms with Gasteiger partial charge in [0.2, 0.25) is 10.0 Å². The normalized spacial score (nSPS) is 11.6. The molecule has 0 saturated heterocycles. The first-order valence-corrected chi connectivity index (χ1v) is 9.64. The smallest absolute Gasteiger partial charge is 0.272 e. The summed E-state index contributed by atoms with van der Waals surface area (Å²) in [6.07, 6.45) is 2.80. The van der Waals surface area contributed by atoms with E-state index >= 15 is 0 Å². The molecule has 4 aromatic rings. The van der Waals surface area contributed by atoms with Crippen LogP contribution >= 0.6 is 0 Å². The van der Waals surface area contributed by atoms with Gasteiger partial charge in [-0.3, -0.25) is 0 Å². The van der Waals surface area contributed by atoms with E-state index in [0.29, 0.717) is 23.3 Å². The molecule has 0 aliphatic carbocycles. The number of anilines is 1. The maximum atomic E-state index is 13.3. The van der Waals surface area contributed by atoms with E-state index in [1.54, 1.807) is 24.3 Å². The largest absolute Gasteiger partial charge is 0.365 e. The van der Waals surface area contributed by atoms with Crippen LogP contribution in [0, 0.1) is 5.82 Å². The molecule has 2 aromatic heterocycles. The first-order valence-electron chi connectivity index (χ1n) is 8.10. The number of hydrogen-bond donors (Lipinski definition) is 2. The fourth-order valence-electron chi connectivity index (χ4n) is 2.74. The van der Waals surface area contributed by atoms with Gasteiger partial charge in [-0.1, -0.05) is 18.2 Å². The van der Waals surface area contributed by atoms with Crippen LogP contribution in [0.5, 0.6) is 0 Å². The molecule has 0 radical (unpaired) electrons. The van der Waals surface area contributed by atoms with Crippen LogP contribution in [-0.4, -0.2) is 33.4 Å². The lowest BCUT2D eigenvalue weighted by atomic mass is 10.2. The van der Waals surface area contributed by atoms with Crippen LogP contribution < -0.4 is 10.5 Å². The van der Waals surface area contributed by atoms with Gasteiger partial charge in [-0.25, -0.2) is 17.9 Å². The van der Waals surface area contributed by atoms with Crippen molar-refractivity contribution in [1.82, 2.24) is 25.0 Å². The highest BCUT2D eigenvalue weighted by atomic mass is 32.2. The fraction of sp³-hybridized carbons (Fsp3) is 0.0588. The Hall–Kier alpha value is -3.44. The summed E-state index contributed by atoms with van der Waals surface area (Å²) in [4.78, 5) is 4.30. The Bertz CT molecular complexity index is 1270. The predicted molar refractivity (Wildman–Crippen MR) is 99.6 cm³/mol. The van der Waals surface area contributed by atoms with Crippen LogP contribution in [0.15, 0.2) is 59.8 Å². The van der Waals surface area contributed by atoms with E-state index in [-0.39, 0.29) is 16.7 Å². The van der Waals surface area contributed by atoms with Crippen molar-refractivity contribution >= 4 is 26.7 Å². The maximum absolute atomic E-state index is 13.3. The van der Waals surface area contributed by atoms with Gasteiger partial charge in [-0.05, 0) is 29.8 Å². The van der Waals surface area contributed by atoms with E-state index in [0.717, 1.165) is 5.56 Å². The van der Waals surface area contributed by atoms with Crippen LogP contribution in [0.4, 0.5) is 10.2 Å². The average molecular weight is 399 g/mol. The van der Waals surface area contributed by atoms with Gasteiger partial charge in [0.25, 0.3) is 5.95 Å². The molecule has 28 heavy (non-hydrogen) atoms. The Morgan fingerprint density at radius 1 is 1.14 bits per heavy atom. The summed E-state index contributed by atoms with van der Waals surface area (Å²) in [7, 11) is -3.90. The van der Waals surface area contributed by atoms with Crippen molar-refractivity contribution in [3.8, 4) is 5.95 Å². The minimum absolute atomic E-state index is 0.0374. The van der Waals surface area contributed by atoms with Crippen molar-refractivity contribution in [2.24, 2.45) is 5.14 Å². The quantitative estimate of drug-likeness (QED) is 0.521. The van der Waals surface area contributed by atoms with Gasteiger partial charge < -0.3 is 5.32 Å². The highest BCUT2D eigenvalue weighted by Crippen LogP contribution is 2.23. The Morgan fingerprint density at radius 3 is 2.75 bits per heavy atom. The molecule has 142 valence electrons. The number of nitrogens with zero attached hydrogens (tertiary/aromatic N) is 5. The molecule has 0 fully saturated rings. The molecule has 0 unspecified atom stereocenters. The van der Waals surface area contributed by atoms with E-state index in [9.17, 15) is 12.8 Å². The van der Waals surface area contributed by atoms with Crippen molar-refractivity contribution in [1.29, 1.82) is 0 Å². The molecular formula is C17H14FN7O2S. The maximum Gasteiger partial charge on any atom is 0.272 e. The Kier molecular flexibility index (Phi) is 4.45. The third-order valence-corrected chi connectivity index (χ3v) is 4.95. The van der Waals surface area contributed by atoms with Gasteiger partial charge in [0.05, 0.1) is 22.8 Å². The number of sulfonamides is 1. The number of halogens is 1. The van der Waals surface area contributed by atoms with Crippen molar-refractivity contribution in [3.05, 3.63) is 66.2 Å². The summed E-state index contributed by atoms with van der Waals surface area (Å²) in [6, 6.07) is 10.8. The second-order valence-electron chi connectivity index (χ2n) is 5.92. The van der Waals surface area contributed by atoms with Crippen LogP contribution in [0.3, 0.4) is 0 Å². The molecule has 0 spiro atoms. The lowest BCUT2D eigenvalue weighted by Crippen LogP contribution is -2.12. The summed E-state index contributed by atoms with van der Waals surface area (Å²) in [5.74, 6) is 0.223. The zero-order valence-electron chi connectivity index (χ0n) is 14.3. The molecular weight excluding hydrogens is 385 g/mol. The van der Waals surface area contributed by atoms with Crippen molar-refractivity contribution < 1.29 is 12.8 Å². The SMILES string of the molecule is NS(=O)(=O)c1cccc2c1cnn2-c1nncc(NCc2cccc(F)c2)n1. The van der Waals surface area contributed by atoms with Gasteiger partial charge >= 0.3 is 0 Å². The molecule has 11 heteroatoms. The Balaban J connectivity index is 1.66. The van der Waals surface area contributed by atoms with Crippen molar-refractivity contribution in [3.63, 3.8) is 0 Å². The zero-order chi connectivity index (χ0) is 19.7. The molecule has 0 aliphatic rings. The van der Waals surface area contributed by atoms with Crippen LogP contribution in [0.2, 0.25) is 0 Å². The number of nitrogens with one attached hydrogen (secondary N) is 1. The minimum atomic E-state index is -3.90. The molecule has 0 aliphatic heterocycles. The third-order valence-electron chi connectivity index (χ3n) is 3.98. The fourth-order valence-corrected chi connectivity index (χ4v) is 3.47. The number of nitrogens with two attached hydrogens (primary N) is 1. The summed E-state index contributed by atoms with van der Waals surface area (Å²) in [5.41, 5.74) is 1.21. The van der Waals surface area contributed by atoms with Crippen molar-refractivity contribution in [2.45, 2.75) is 11.4 Å². The van der Waals surface area contributed by atoms with E-state index < -0.39 is 10.0 Å². The zero-order valence-corrected chi connectivity index (χ0v) is 15.1. The monoisotopic (exact) mass is 399 g/mol. The topological polar surface area (TPSA) is 129 Å². The molecule has 9 nitrogen and oxygen atoms in total. The molecule has 3 N–H and O–H groups in total. The molecule has 2 aromatic carbocycles. The number of aromatic nitrogens is 5. The predicted octanol–water partition coefficient (Wildman–Crippen LogP) is 1.61. The van der Waals surface area contributed by atoms with Crippen LogP contribution in [-0.2, 0) is 16.6 Å². The summed E-state index contributed by atoms with van der Waals surface area (Å²) in [6.45, 7) is 0.339. The third kappa shape index (κ3) is 3.52. The first-order chi connectivity index (χ1) is 13.4. The number of primary sulfonamides is 1. The van der Waals surface area contributed by atoms with E-state index in [2.05, 4.69) is 25.6 Å². The lowest BCUT2D eigenvalue weighted by Gasteiger charge is -2.07. The average Bonchev–Trinajstić information content (AvgIpc) is 3.10. The summed E-state index contributed by atoms with van der Waals surface area (Å²) < 4.78 is 38.1. The summed E-state index contributed by atoms with van der Waals surface area (Å²) in [5, 5.41) is 20.7. The van der Waals surface area contributed by atoms with Gasteiger partial charge in [-0.2, -0.15) is 19.9 Å². The van der Waals surface area contributed by atoms with Crippen LogP contribution in [0.25, 0.3) is 16.9 Å². The lowest BCUT2D eigenvalue weighted by molar-refractivity contribution is 0.598. The van der Waals surface area contributed by atoms with Crippen LogP contribution in [0.1, 0.15) is 5.56 Å². The highest BCUT2D eigenvalue weighted by molar-refractivity contribution is 7.89. The molecule has 0 saturated carbocycles. The Morgan fingerprint density at radius 2 is 1.96 bits per heavy atom. The number of benzene rings is 2. The van der Waals surface area contributed by atoms with Gasteiger partial charge in [0, 0.05) is 11.9 Å². The molecule has 0 amide bonds. The second-order valence-corrected chi connectivity index (χ2v) is 7.45. The Labute approximate surface area is 159 Å². The summed E-state index contributed by atoms with van der Waals surface area (Å²) >= 11 is 0. The molecule has 0 bridgehead atoms. The molecule has 0 atom stereocenters. The molecule has 2 heterocycles. The second kappa shape index (κ2) is 6.94.